The summed E-state index contributed by atoms with van der Waals surface area (Å²) in [7, 11) is 0. The van der Waals surface area contributed by atoms with Crippen molar-refractivity contribution in [1.29, 1.82) is 0 Å². The summed E-state index contributed by atoms with van der Waals surface area (Å²) >= 11 is 6.11. The molecule has 0 bridgehead atoms. The van der Waals surface area contributed by atoms with Gasteiger partial charge in [0.15, 0.2) is 5.65 Å². The normalized spacial score (nSPS) is 19.6. The Hall–Kier alpha value is -1.09. The number of alkyl halides is 1. The summed E-state index contributed by atoms with van der Waals surface area (Å²) in [5, 5.41) is 0. The van der Waals surface area contributed by atoms with Crippen molar-refractivity contribution >= 4 is 22.8 Å². The largest absolute Gasteiger partial charge is 0.309 e. The topological polar surface area (TPSA) is 30.7 Å². The molecule has 0 aromatic carbocycles. The number of aromatic nitrogens is 3. The first-order chi connectivity index (χ1) is 9.50. The number of nitrogens with zero attached hydrogens (tertiary/aromatic N) is 3. The first-order valence-corrected chi connectivity index (χ1v) is 7.93. The van der Waals surface area contributed by atoms with E-state index in [0.717, 1.165) is 22.6 Å². The Morgan fingerprint density at radius 3 is 2.70 bits per heavy atom. The molecule has 1 aliphatic rings. The van der Waals surface area contributed by atoms with Crippen molar-refractivity contribution in [2.45, 2.75) is 58.4 Å². The maximum Gasteiger partial charge on any atom is 0.160 e. The van der Waals surface area contributed by atoms with Crippen LogP contribution in [-0.2, 0) is 5.88 Å². The molecular formula is C16H22ClN3. The minimum absolute atomic E-state index is 0.454. The van der Waals surface area contributed by atoms with Gasteiger partial charge in [0.05, 0.1) is 5.88 Å². The zero-order valence-corrected chi connectivity index (χ0v) is 13.2. The number of hydrogen-bond acceptors (Lipinski definition) is 2. The zero-order chi connectivity index (χ0) is 14.3. The maximum atomic E-state index is 6.11. The number of pyridine rings is 1. The third kappa shape index (κ3) is 2.44. The summed E-state index contributed by atoms with van der Waals surface area (Å²) in [5.74, 6) is 1.42. The van der Waals surface area contributed by atoms with E-state index in [1.54, 1.807) is 0 Å². The van der Waals surface area contributed by atoms with E-state index in [2.05, 4.69) is 41.4 Å². The lowest BCUT2D eigenvalue weighted by atomic mass is 9.75. The number of imidazole rings is 1. The molecule has 0 radical (unpaired) electrons. The van der Waals surface area contributed by atoms with Gasteiger partial charge in [-0.2, -0.15) is 0 Å². The van der Waals surface area contributed by atoms with Gasteiger partial charge in [-0.25, -0.2) is 9.97 Å². The lowest BCUT2D eigenvalue weighted by molar-refractivity contribution is 0.194. The number of rotatable bonds is 2. The van der Waals surface area contributed by atoms with Crippen LogP contribution in [0.15, 0.2) is 12.3 Å². The standard InChI is InChI=1S/C16H22ClN3/c1-11-8-13-15(18-10-11)20(14(9-17)19-13)12-4-6-16(2,3)7-5-12/h8,10,12H,4-7,9H2,1-3H3. The second-order valence-electron chi connectivity index (χ2n) is 6.78. The predicted octanol–water partition coefficient (Wildman–Crippen LogP) is 4.62. The van der Waals surface area contributed by atoms with Crippen LogP contribution in [0.2, 0.25) is 0 Å². The summed E-state index contributed by atoms with van der Waals surface area (Å²) in [4.78, 5) is 9.27. The van der Waals surface area contributed by atoms with Gasteiger partial charge in [0.25, 0.3) is 0 Å². The predicted molar refractivity (Wildman–Crippen MR) is 83.1 cm³/mol. The second kappa shape index (κ2) is 5.03. The third-order valence-corrected chi connectivity index (χ3v) is 4.77. The smallest absolute Gasteiger partial charge is 0.160 e. The highest BCUT2D eigenvalue weighted by atomic mass is 35.5. The van der Waals surface area contributed by atoms with E-state index >= 15 is 0 Å². The molecule has 20 heavy (non-hydrogen) atoms. The molecule has 0 aliphatic heterocycles. The summed E-state index contributed by atoms with van der Waals surface area (Å²) in [5.41, 5.74) is 3.59. The van der Waals surface area contributed by atoms with Crippen LogP contribution < -0.4 is 0 Å². The Morgan fingerprint density at radius 1 is 1.35 bits per heavy atom. The van der Waals surface area contributed by atoms with Crippen LogP contribution in [0.25, 0.3) is 11.2 Å². The fraction of sp³-hybridized carbons (Fsp3) is 0.625. The Balaban J connectivity index is 2.02. The van der Waals surface area contributed by atoms with E-state index in [9.17, 15) is 0 Å². The number of hydrogen-bond donors (Lipinski definition) is 0. The van der Waals surface area contributed by atoms with Crippen LogP contribution in [0.4, 0.5) is 0 Å². The molecule has 1 fully saturated rings. The molecule has 2 aromatic rings. The van der Waals surface area contributed by atoms with Crippen LogP contribution >= 0.6 is 11.6 Å². The number of aryl methyl sites for hydroxylation is 1. The molecule has 0 saturated heterocycles. The molecule has 4 heteroatoms. The van der Waals surface area contributed by atoms with Gasteiger partial charge in [-0.15, -0.1) is 11.6 Å². The molecular weight excluding hydrogens is 270 g/mol. The van der Waals surface area contributed by atoms with Crippen LogP contribution in [0.1, 0.15) is 57.0 Å². The van der Waals surface area contributed by atoms with E-state index in [-0.39, 0.29) is 0 Å². The summed E-state index contributed by atoms with van der Waals surface area (Å²) in [6, 6.07) is 2.60. The highest BCUT2D eigenvalue weighted by Gasteiger charge is 2.29. The van der Waals surface area contributed by atoms with Crippen molar-refractivity contribution < 1.29 is 0 Å². The molecule has 108 valence electrons. The van der Waals surface area contributed by atoms with Crippen molar-refractivity contribution in [1.82, 2.24) is 14.5 Å². The SMILES string of the molecule is Cc1cnc2c(c1)nc(CCl)n2C1CCC(C)(C)CC1. The first kappa shape index (κ1) is 13.9. The van der Waals surface area contributed by atoms with Crippen molar-refractivity contribution in [3.63, 3.8) is 0 Å². The van der Waals surface area contributed by atoms with Crippen LogP contribution in [0.3, 0.4) is 0 Å². The van der Waals surface area contributed by atoms with E-state index in [1.807, 2.05) is 6.20 Å². The Bertz CT molecular complexity index is 620. The first-order valence-electron chi connectivity index (χ1n) is 7.39. The molecule has 3 nitrogen and oxygen atoms in total. The van der Waals surface area contributed by atoms with E-state index in [4.69, 9.17) is 11.6 Å². The Labute approximate surface area is 125 Å². The summed E-state index contributed by atoms with van der Waals surface area (Å²) in [6.07, 6.45) is 6.82. The summed E-state index contributed by atoms with van der Waals surface area (Å²) < 4.78 is 2.29. The van der Waals surface area contributed by atoms with Gasteiger partial charge in [0, 0.05) is 12.2 Å². The Morgan fingerprint density at radius 2 is 2.05 bits per heavy atom. The van der Waals surface area contributed by atoms with Crippen molar-refractivity contribution in [2.24, 2.45) is 5.41 Å². The second-order valence-corrected chi connectivity index (χ2v) is 7.05. The van der Waals surface area contributed by atoms with Gasteiger partial charge in [0.1, 0.15) is 11.3 Å². The van der Waals surface area contributed by atoms with Gasteiger partial charge >= 0.3 is 0 Å². The molecule has 0 unspecified atom stereocenters. The van der Waals surface area contributed by atoms with E-state index < -0.39 is 0 Å². The molecule has 1 saturated carbocycles. The molecule has 0 atom stereocenters. The molecule has 1 aliphatic carbocycles. The molecule has 2 heterocycles. The lowest BCUT2D eigenvalue weighted by Crippen LogP contribution is -2.24. The molecule has 2 aromatic heterocycles. The molecule has 0 N–H and O–H groups in total. The average Bonchev–Trinajstić information content (AvgIpc) is 2.76. The highest BCUT2D eigenvalue weighted by molar-refractivity contribution is 6.16. The number of halogens is 1. The monoisotopic (exact) mass is 291 g/mol. The van der Waals surface area contributed by atoms with Gasteiger partial charge in [-0.1, -0.05) is 13.8 Å². The fourth-order valence-electron chi connectivity index (χ4n) is 3.25. The lowest BCUT2D eigenvalue weighted by Gasteiger charge is -2.35. The van der Waals surface area contributed by atoms with Gasteiger partial charge in [-0.3, -0.25) is 0 Å². The van der Waals surface area contributed by atoms with Gasteiger partial charge < -0.3 is 4.57 Å². The van der Waals surface area contributed by atoms with Crippen molar-refractivity contribution in [3.05, 3.63) is 23.7 Å². The van der Waals surface area contributed by atoms with Gasteiger partial charge in [-0.05, 0) is 49.7 Å². The van der Waals surface area contributed by atoms with E-state index in [1.165, 1.54) is 25.7 Å². The van der Waals surface area contributed by atoms with Crippen LogP contribution in [0.5, 0.6) is 0 Å². The maximum absolute atomic E-state index is 6.11. The van der Waals surface area contributed by atoms with E-state index in [0.29, 0.717) is 17.3 Å². The molecule has 3 rings (SSSR count). The molecule has 0 spiro atoms. The van der Waals surface area contributed by atoms with Gasteiger partial charge in [0.2, 0.25) is 0 Å². The summed E-state index contributed by atoms with van der Waals surface area (Å²) in [6.45, 7) is 6.77. The van der Waals surface area contributed by atoms with Crippen molar-refractivity contribution in [3.8, 4) is 0 Å². The van der Waals surface area contributed by atoms with Crippen molar-refractivity contribution in [2.75, 3.05) is 0 Å². The average molecular weight is 292 g/mol. The third-order valence-electron chi connectivity index (χ3n) is 4.53. The highest BCUT2D eigenvalue weighted by Crippen LogP contribution is 2.41. The minimum Gasteiger partial charge on any atom is -0.309 e. The zero-order valence-electron chi connectivity index (χ0n) is 12.5. The minimum atomic E-state index is 0.454. The fourth-order valence-corrected chi connectivity index (χ4v) is 3.44. The Kier molecular flexibility index (Phi) is 3.49. The molecule has 0 amide bonds. The van der Waals surface area contributed by atoms with Crippen LogP contribution in [-0.4, -0.2) is 14.5 Å². The van der Waals surface area contributed by atoms with Crippen LogP contribution in [0, 0.1) is 12.3 Å². The number of fused-ring (bicyclic) bond motifs is 1. The quantitative estimate of drug-likeness (QED) is 0.756.